The first-order chi connectivity index (χ1) is 10.1. The highest BCUT2D eigenvalue weighted by Gasteiger charge is 2.24. The molecule has 1 aromatic carbocycles. The van der Waals surface area contributed by atoms with Crippen molar-refractivity contribution in [3.8, 4) is 0 Å². The molecular weight excluding hydrogens is 306 g/mol. The summed E-state index contributed by atoms with van der Waals surface area (Å²) >= 11 is 7.63. The van der Waals surface area contributed by atoms with Crippen molar-refractivity contribution in [2.24, 2.45) is 5.73 Å². The lowest BCUT2D eigenvalue weighted by atomic mass is 10.2. The molecule has 0 bridgehead atoms. The number of hydrogen-bond acceptors (Lipinski definition) is 4. The number of carbonyl (C=O) groups is 1. The third-order valence-electron chi connectivity index (χ3n) is 3.73. The van der Waals surface area contributed by atoms with Gasteiger partial charge in [-0.3, -0.25) is 4.79 Å². The van der Waals surface area contributed by atoms with E-state index in [0.29, 0.717) is 0 Å². The summed E-state index contributed by atoms with van der Waals surface area (Å²) in [4.78, 5) is 16.4. The molecular formula is C15H22ClN3OS. The number of rotatable bonds is 5. The van der Waals surface area contributed by atoms with Crippen LogP contribution in [0.1, 0.15) is 6.42 Å². The van der Waals surface area contributed by atoms with Crippen LogP contribution in [0, 0.1) is 0 Å². The van der Waals surface area contributed by atoms with Gasteiger partial charge in [0.05, 0.1) is 6.04 Å². The monoisotopic (exact) mass is 327 g/mol. The van der Waals surface area contributed by atoms with Gasteiger partial charge in [-0.1, -0.05) is 11.6 Å². The molecule has 6 heteroatoms. The maximum Gasteiger partial charge on any atom is 0.239 e. The van der Waals surface area contributed by atoms with E-state index in [9.17, 15) is 4.79 Å². The number of nitrogens with two attached hydrogens (primary N) is 1. The Morgan fingerprint density at radius 3 is 2.48 bits per heavy atom. The fraction of sp³-hybridized carbons (Fsp3) is 0.533. The molecule has 0 aromatic heterocycles. The van der Waals surface area contributed by atoms with Crippen molar-refractivity contribution >= 4 is 35.0 Å². The summed E-state index contributed by atoms with van der Waals surface area (Å²) in [5, 5.41) is 0.743. The summed E-state index contributed by atoms with van der Waals surface area (Å²) < 4.78 is 0. The molecule has 1 fully saturated rings. The first-order valence-corrected chi connectivity index (χ1v) is 8.93. The summed E-state index contributed by atoms with van der Waals surface area (Å²) in [6.45, 7) is 3.13. The molecule has 1 saturated heterocycles. The van der Waals surface area contributed by atoms with Gasteiger partial charge in [-0.2, -0.15) is 11.8 Å². The van der Waals surface area contributed by atoms with Crippen LogP contribution in [-0.2, 0) is 4.79 Å². The molecule has 0 saturated carbocycles. The average Bonchev–Trinajstić information content (AvgIpc) is 2.53. The number of amides is 1. The summed E-state index contributed by atoms with van der Waals surface area (Å²) in [5.74, 6) is 1.01. The molecule has 2 N–H and O–H groups in total. The molecule has 1 aliphatic heterocycles. The molecule has 0 aliphatic carbocycles. The molecule has 116 valence electrons. The van der Waals surface area contributed by atoms with Gasteiger partial charge in [0.1, 0.15) is 0 Å². The molecule has 0 spiro atoms. The molecule has 1 heterocycles. The van der Waals surface area contributed by atoms with Crippen LogP contribution >= 0.6 is 23.4 Å². The zero-order valence-electron chi connectivity index (χ0n) is 12.3. The van der Waals surface area contributed by atoms with Gasteiger partial charge in [0.25, 0.3) is 0 Å². The van der Waals surface area contributed by atoms with Crippen LogP contribution in [0.25, 0.3) is 0 Å². The summed E-state index contributed by atoms with van der Waals surface area (Å²) in [6, 6.07) is 7.47. The summed E-state index contributed by atoms with van der Waals surface area (Å²) in [7, 11) is 0. The van der Waals surface area contributed by atoms with Crippen LogP contribution in [0.4, 0.5) is 5.69 Å². The minimum Gasteiger partial charge on any atom is -0.368 e. The van der Waals surface area contributed by atoms with Gasteiger partial charge in [-0.05, 0) is 42.7 Å². The zero-order valence-corrected chi connectivity index (χ0v) is 13.9. The lowest BCUT2D eigenvalue weighted by molar-refractivity contribution is -0.132. The maximum absolute atomic E-state index is 12.2. The van der Waals surface area contributed by atoms with Crippen LogP contribution in [0.15, 0.2) is 24.3 Å². The van der Waals surface area contributed by atoms with Crippen LogP contribution in [0.2, 0.25) is 5.02 Å². The highest BCUT2D eigenvalue weighted by atomic mass is 35.5. The predicted octanol–water partition coefficient (Wildman–Crippen LogP) is 2.07. The fourth-order valence-electron chi connectivity index (χ4n) is 2.44. The number of hydrogen-bond donors (Lipinski definition) is 1. The van der Waals surface area contributed by atoms with E-state index in [0.717, 1.165) is 49.1 Å². The Morgan fingerprint density at radius 1 is 1.29 bits per heavy atom. The fourth-order valence-corrected chi connectivity index (χ4v) is 3.06. The van der Waals surface area contributed by atoms with Crippen molar-refractivity contribution in [3.63, 3.8) is 0 Å². The van der Waals surface area contributed by atoms with Gasteiger partial charge in [0.2, 0.25) is 5.91 Å². The van der Waals surface area contributed by atoms with Crippen molar-refractivity contribution in [1.82, 2.24) is 4.90 Å². The Morgan fingerprint density at radius 2 is 1.90 bits per heavy atom. The number of anilines is 1. The standard InChI is InChI=1S/C15H22ClN3OS/c1-21-11-6-14(17)15(20)19-9-7-18(8-10-19)13-4-2-12(16)3-5-13/h2-5,14H,6-11,17H2,1H3/t14-/m1/s1. The smallest absolute Gasteiger partial charge is 0.239 e. The van der Waals surface area contributed by atoms with E-state index in [4.69, 9.17) is 17.3 Å². The molecule has 1 aliphatic rings. The molecule has 1 aromatic rings. The summed E-state index contributed by atoms with van der Waals surface area (Å²) in [6.07, 6.45) is 2.78. The Balaban J connectivity index is 1.85. The van der Waals surface area contributed by atoms with Crippen LogP contribution < -0.4 is 10.6 Å². The van der Waals surface area contributed by atoms with Crippen LogP contribution in [-0.4, -0.2) is 55.0 Å². The number of thioether (sulfide) groups is 1. The average molecular weight is 328 g/mol. The van der Waals surface area contributed by atoms with Crippen molar-refractivity contribution in [3.05, 3.63) is 29.3 Å². The SMILES string of the molecule is CSCC[C@@H](N)C(=O)N1CCN(c2ccc(Cl)cc2)CC1. The number of nitrogens with zero attached hydrogens (tertiary/aromatic N) is 2. The van der Waals surface area contributed by atoms with E-state index >= 15 is 0 Å². The Labute approximate surface area is 135 Å². The Bertz CT molecular complexity index is 460. The van der Waals surface area contributed by atoms with Gasteiger partial charge >= 0.3 is 0 Å². The van der Waals surface area contributed by atoms with Crippen LogP contribution in [0.5, 0.6) is 0 Å². The highest BCUT2D eigenvalue weighted by molar-refractivity contribution is 7.98. The van der Waals surface area contributed by atoms with Crippen molar-refractivity contribution in [1.29, 1.82) is 0 Å². The quantitative estimate of drug-likeness (QED) is 0.899. The third-order valence-corrected chi connectivity index (χ3v) is 4.63. The zero-order chi connectivity index (χ0) is 15.2. The number of piperazine rings is 1. The molecule has 1 amide bonds. The second kappa shape index (κ2) is 7.92. The van der Waals surface area contributed by atoms with Crippen molar-refractivity contribution < 1.29 is 4.79 Å². The molecule has 4 nitrogen and oxygen atoms in total. The lowest BCUT2D eigenvalue weighted by Crippen LogP contribution is -2.53. The number of halogens is 1. The molecule has 1 atom stereocenters. The van der Waals surface area contributed by atoms with E-state index in [1.807, 2.05) is 35.4 Å². The topological polar surface area (TPSA) is 49.6 Å². The predicted molar refractivity (Wildman–Crippen MR) is 91.2 cm³/mol. The largest absolute Gasteiger partial charge is 0.368 e. The minimum atomic E-state index is -0.362. The van der Waals surface area contributed by atoms with Gasteiger partial charge < -0.3 is 15.5 Å². The van der Waals surface area contributed by atoms with E-state index in [2.05, 4.69) is 4.90 Å². The Kier molecular flexibility index (Phi) is 6.21. The van der Waals surface area contributed by atoms with Gasteiger partial charge in [-0.15, -0.1) is 0 Å². The van der Waals surface area contributed by atoms with E-state index in [-0.39, 0.29) is 11.9 Å². The summed E-state index contributed by atoms with van der Waals surface area (Å²) in [5.41, 5.74) is 7.11. The normalized spacial score (nSPS) is 16.9. The maximum atomic E-state index is 12.2. The van der Waals surface area contributed by atoms with Gasteiger partial charge in [0.15, 0.2) is 0 Å². The number of carbonyl (C=O) groups excluding carboxylic acids is 1. The molecule has 0 unspecified atom stereocenters. The number of benzene rings is 1. The second-order valence-electron chi connectivity index (χ2n) is 5.18. The third kappa shape index (κ3) is 4.53. The lowest BCUT2D eigenvalue weighted by Gasteiger charge is -2.37. The van der Waals surface area contributed by atoms with Crippen molar-refractivity contribution in [2.75, 3.05) is 43.1 Å². The molecule has 0 radical (unpaired) electrons. The van der Waals surface area contributed by atoms with Gasteiger partial charge in [-0.25, -0.2) is 0 Å². The highest BCUT2D eigenvalue weighted by Crippen LogP contribution is 2.19. The van der Waals surface area contributed by atoms with E-state index < -0.39 is 0 Å². The Hall–Kier alpha value is -0.910. The van der Waals surface area contributed by atoms with Crippen molar-refractivity contribution in [2.45, 2.75) is 12.5 Å². The minimum absolute atomic E-state index is 0.0832. The van der Waals surface area contributed by atoms with Gasteiger partial charge in [0, 0.05) is 36.9 Å². The first-order valence-electron chi connectivity index (χ1n) is 7.15. The first kappa shape index (κ1) is 16.5. The molecule has 2 rings (SSSR count). The van der Waals surface area contributed by atoms with E-state index in [1.54, 1.807) is 11.8 Å². The van der Waals surface area contributed by atoms with E-state index in [1.165, 1.54) is 0 Å². The van der Waals surface area contributed by atoms with Crippen LogP contribution in [0.3, 0.4) is 0 Å². The molecule has 21 heavy (non-hydrogen) atoms. The second-order valence-corrected chi connectivity index (χ2v) is 6.60.